The third kappa shape index (κ3) is 39.6. The van der Waals surface area contributed by atoms with Crippen LogP contribution in [0.5, 0.6) is 0 Å². The second-order valence-corrected chi connectivity index (χ2v) is 18.0. The van der Waals surface area contributed by atoms with E-state index in [9.17, 15) is 0 Å². The summed E-state index contributed by atoms with van der Waals surface area (Å²) in [7, 11) is 0. The Hall–Kier alpha value is -0.0400. The molecule has 0 amide bonds. The minimum absolute atomic E-state index is 1.37. The molecule has 0 unspecified atom stereocenters. The maximum absolute atomic E-state index is 2.47. The van der Waals surface area contributed by atoms with Gasteiger partial charge in [-0.15, -0.1) is 0 Å². The molecule has 0 saturated heterocycles. The van der Waals surface area contributed by atoms with E-state index in [1.165, 1.54) is 307 Å². The maximum atomic E-state index is 2.47. The van der Waals surface area contributed by atoms with Gasteiger partial charge in [-0.3, -0.25) is 0 Å². The van der Waals surface area contributed by atoms with Crippen molar-refractivity contribution >= 4 is 0 Å². The second kappa shape index (κ2) is 45.4. The molecule has 0 heterocycles. The Labute approximate surface area is 333 Å². The number of nitrogens with zero attached hydrogens (tertiary/aromatic N) is 1. The molecule has 0 radical (unpaired) electrons. The highest BCUT2D eigenvalue weighted by atomic mass is 15.3. The van der Waals surface area contributed by atoms with Crippen molar-refractivity contribution in [3.63, 3.8) is 0 Å². The van der Waals surface area contributed by atoms with Gasteiger partial charge < -0.3 is 4.48 Å². The third-order valence-electron chi connectivity index (χ3n) is 12.7. The second-order valence-electron chi connectivity index (χ2n) is 18.0. The van der Waals surface area contributed by atoms with Crippen LogP contribution in [0.1, 0.15) is 304 Å². The Morgan fingerprint density at radius 3 is 0.462 bits per heavy atom. The Morgan fingerprint density at radius 1 is 0.154 bits per heavy atom. The van der Waals surface area contributed by atoms with E-state index in [-0.39, 0.29) is 0 Å². The lowest BCUT2D eigenvalue weighted by Gasteiger charge is -2.39. The first-order chi connectivity index (χ1) is 25.7. The fourth-order valence-corrected chi connectivity index (χ4v) is 9.07. The van der Waals surface area contributed by atoms with Gasteiger partial charge in [-0.1, -0.05) is 259 Å². The molecule has 0 aliphatic carbocycles. The quantitative estimate of drug-likeness (QED) is 0.0432. The molecule has 0 aromatic rings. The van der Waals surface area contributed by atoms with E-state index in [1.807, 2.05) is 0 Å². The van der Waals surface area contributed by atoms with E-state index in [0.29, 0.717) is 0 Å². The van der Waals surface area contributed by atoms with E-state index < -0.39 is 0 Å². The highest BCUT2D eigenvalue weighted by molar-refractivity contribution is 4.56. The molecule has 0 rings (SSSR count). The fourth-order valence-electron chi connectivity index (χ4n) is 9.07. The molecule has 1 nitrogen and oxygen atoms in total. The highest BCUT2D eigenvalue weighted by Gasteiger charge is 2.25. The number of unbranched alkanes of at least 4 members (excludes halogenated alkanes) is 39. The average Bonchev–Trinajstić information content (AvgIpc) is 3.15. The van der Waals surface area contributed by atoms with E-state index in [4.69, 9.17) is 0 Å². The summed E-state index contributed by atoms with van der Waals surface area (Å²) in [5, 5.41) is 0. The lowest BCUT2D eigenvalue weighted by molar-refractivity contribution is -0.929. The Balaban J connectivity index is 4.32. The van der Waals surface area contributed by atoms with Crippen molar-refractivity contribution in [1.29, 1.82) is 0 Å². The normalized spacial score (nSPS) is 12.0. The van der Waals surface area contributed by atoms with Gasteiger partial charge in [-0.25, -0.2) is 0 Å². The number of hydrogen-bond donors (Lipinski definition) is 0. The van der Waals surface area contributed by atoms with Gasteiger partial charge in [-0.05, 0) is 44.9 Å². The molecule has 0 aliphatic heterocycles. The molecule has 0 aromatic carbocycles. The van der Waals surface area contributed by atoms with Crippen LogP contribution in [0.4, 0.5) is 0 Å². The third-order valence-corrected chi connectivity index (χ3v) is 12.7. The van der Waals surface area contributed by atoms with Crippen molar-refractivity contribution in [3.8, 4) is 0 Å². The molecule has 0 N–H and O–H groups in total. The minimum Gasteiger partial charge on any atom is -0.324 e. The van der Waals surface area contributed by atoms with Gasteiger partial charge >= 0.3 is 0 Å². The smallest absolute Gasteiger partial charge is 0.0786 e. The molecule has 0 bridgehead atoms. The number of rotatable bonds is 47. The van der Waals surface area contributed by atoms with Gasteiger partial charge in [0.05, 0.1) is 26.2 Å². The maximum Gasteiger partial charge on any atom is 0.0786 e. The Kier molecular flexibility index (Phi) is 45.3. The van der Waals surface area contributed by atoms with Crippen molar-refractivity contribution in [3.05, 3.63) is 0 Å². The lowest BCUT2D eigenvalue weighted by Crippen LogP contribution is -2.50. The van der Waals surface area contributed by atoms with Crippen LogP contribution in [-0.4, -0.2) is 30.7 Å². The summed E-state index contributed by atoms with van der Waals surface area (Å²) in [6.07, 6.45) is 63.2. The monoisotopic (exact) mass is 733 g/mol. The lowest BCUT2D eigenvalue weighted by atomic mass is 10.0. The predicted octanol–water partition coefficient (Wildman–Crippen LogP) is 18.7. The molecule has 52 heavy (non-hydrogen) atoms. The summed E-state index contributed by atoms with van der Waals surface area (Å²) in [6, 6.07) is 0. The number of hydrogen-bond acceptors (Lipinski definition) is 0. The van der Waals surface area contributed by atoms with Gasteiger partial charge in [0.15, 0.2) is 0 Å². The van der Waals surface area contributed by atoms with Gasteiger partial charge in [0.25, 0.3) is 0 Å². The van der Waals surface area contributed by atoms with Crippen LogP contribution in [0.2, 0.25) is 0 Å². The average molecular weight is 733 g/mol. The molecule has 0 atom stereocenters. The summed E-state index contributed by atoms with van der Waals surface area (Å²) in [5.41, 5.74) is 0. The summed E-state index contributed by atoms with van der Waals surface area (Å²) >= 11 is 0. The first-order valence-corrected chi connectivity index (χ1v) is 25.6. The SMILES string of the molecule is CCCCCCCCCCCCCCCC[N+](CCC)(CCCCCCCCCCCCCCCC)CCCCCCCCCCCCCCCC. The van der Waals surface area contributed by atoms with Crippen molar-refractivity contribution in [2.45, 2.75) is 304 Å². The fraction of sp³-hybridized carbons (Fsp3) is 1.00. The summed E-state index contributed by atoms with van der Waals surface area (Å²) in [6.45, 7) is 15.3. The van der Waals surface area contributed by atoms with Gasteiger partial charge in [0.2, 0.25) is 0 Å². The highest BCUT2D eigenvalue weighted by Crippen LogP contribution is 2.21. The van der Waals surface area contributed by atoms with Crippen LogP contribution < -0.4 is 0 Å². The molecule has 1 heteroatoms. The van der Waals surface area contributed by atoms with E-state index in [2.05, 4.69) is 27.7 Å². The van der Waals surface area contributed by atoms with Crippen LogP contribution >= 0.6 is 0 Å². The predicted molar refractivity (Wildman–Crippen MR) is 241 cm³/mol. The van der Waals surface area contributed by atoms with Gasteiger partial charge in [0, 0.05) is 0 Å². The molecule has 0 saturated carbocycles. The minimum atomic E-state index is 1.37. The molecule has 0 aliphatic rings. The Morgan fingerprint density at radius 2 is 0.308 bits per heavy atom. The zero-order chi connectivity index (χ0) is 37.7. The zero-order valence-corrected chi connectivity index (χ0v) is 37.7. The van der Waals surface area contributed by atoms with Crippen LogP contribution in [0, 0.1) is 0 Å². The summed E-state index contributed by atoms with van der Waals surface area (Å²) < 4.78 is 1.46. The first kappa shape index (κ1) is 52.0. The van der Waals surface area contributed by atoms with Crippen LogP contribution in [0.15, 0.2) is 0 Å². The molecule has 0 aromatic heterocycles. The summed E-state index contributed by atoms with van der Waals surface area (Å²) in [4.78, 5) is 0. The standard InChI is InChI=1S/C51H106N/c1-5-9-12-15-18-21-24-27-30-33-36-39-42-45-49-52(48-8-4,50-46-43-40-37-34-31-28-25-22-19-16-13-10-6-2)51-47-44-41-38-35-32-29-26-23-20-17-14-11-7-3/h5-51H2,1-4H3/q+1. The van der Waals surface area contributed by atoms with Crippen molar-refractivity contribution in [1.82, 2.24) is 0 Å². The van der Waals surface area contributed by atoms with Crippen molar-refractivity contribution < 1.29 is 4.48 Å². The van der Waals surface area contributed by atoms with E-state index in [0.717, 1.165) is 0 Å². The van der Waals surface area contributed by atoms with E-state index >= 15 is 0 Å². The van der Waals surface area contributed by atoms with Crippen molar-refractivity contribution in [2.75, 3.05) is 26.2 Å². The summed E-state index contributed by atoms with van der Waals surface area (Å²) in [5.74, 6) is 0. The van der Waals surface area contributed by atoms with Crippen molar-refractivity contribution in [2.24, 2.45) is 0 Å². The van der Waals surface area contributed by atoms with E-state index in [1.54, 1.807) is 0 Å². The van der Waals surface area contributed by atoms with Crippen LogP contribution in [0.3, 0.4) is 0 Å². The van der Waals surface area contributed by atoms with Gasteiger partial charge in [-0.2, -0.15) is 0 Å². The molecule has 0 fully saturated rings. The van der Waals surface area contributed by atoms with Crippen LogP contribution in [0.25, 0.3) is 0 Å². The Bertz CT molecular complexity index is 533. The molecule has 0 spiro atoms. The topological polar surface area (TPSA) is 0 Å². The number of quaternary nitrogens is 1. The molecular weight excluding hydrogens is 627 g/mol. The zero-order valence-electron chi connectivity index (χ0n) is 37.7. The first-order valence-electron chi connectivity index (χ1n) is 25.6. The largest absolute Gasteiger partial charge is 0.324 e. The van der Waals surface area contributed by atoms with Crippen LogP contribution in [-0.2, 0) is 0 Å². The molecular formula is C51H106N+. The van der Waals surface area contributed by atoms with Gasteiger partial charge in [0.1, 0.15) is 0 Å². The molecule has 314 valence electrons.